The summed E-state index contributed by atoms with van der Waals surface area (Å²) in [7, 11) is 0. The average Bonchev–Trinajstić information content (AvgIpc) is 3.07. The molecule has 0 unspecified atom stereocenters. The molecular weight excluding hydrogens is 316 g/mol. The summed E-state index contributed by atoms with van der Waals surface area (Å²) in [5.41, 5.74) is 8.71. The Labute approximate surface area is 147 Å². The van der Waals surface area contributed by atoms with E-state index in [9.17, 15) is 9.59 Å². The molecule has 2 atom stereocenters. The maximum atomic E-state index is 12.4. The van der Waals surface area contributed by atoms with E-state index in [-0.39, 0.29) is 5.91 Å². The average molecular weight is 338 g/mol. The molecule has 0 bridgehead atoms. The van der Waals surface area contributed by atoms with Crippen molar-refractivity contribution in [3.63, 3.8) is 0 Å². The van der Waals surface area contributed by atoms with Gasteiger partial charge in [0.1, 0.15) is 11.8 Å². The minimum Gasteiger partial charge on any atom is -0.481 e. The first kappa shape index (κ1) is 17.0. The van der Waals surface area contributed by atoms with Gasteiger partial charge in [-0.15, -0.1) is 0 Å². The van der Waals surface area contributed by atoms with Gasteiger partial charge in [0.2, 0.25) is 5.91 Å². The number of amides is 2. The lowest BCUT2D eigenvalue weighted by Crippen LogP contribution is -2.43. The second-order valence-corrected chi connectivity index (χ2v) is 6.30. The van der Waals surface area contributed by atoms with Gasteiger partial charge in [-0.05, 0) is 55.0 Å². The van der Waals surface area contributed by atoms with E-state index in [1.54, 1.807) is 31.2 Å². The quantitative estimate of drug-likeness (QED) is 0.848. The minimum atomic E-state index is -0.875. The van der Waals surface area contributed by atoms with Crippen LogP contribution in [0.15, 0.2) is 48.5 Å². The van der Waals surface area contributed by atoms with Crippen LogP contribution in [0, 0.1) is 0 Å². The Kier molecular flexibility index (Phi) is 5.03. The molecule has 0 aliphatic heterocycles. The van der Waals surface area contributed by atoms with Crippen LogP contribution < -0.4 is 15.8 Å². The van der Waals surface area contributed by atoms with E-state index in [4.69, 9.17) is 10.5 Å². The first-order valence-electron chi connectivity index (χ1n) is 8.47. The number of aryl methyl sites for hydroxylation is 2. The molecule has 0 aromatic heterocycles. The van der Waals surface area contributed by atoms with Gasteiger partial charge in [0.15, 0.2) is 6.10 Å². The van der Waals surface area contributed by atoms with Crippen LogP contribution in [0.3, 0.4) is 0 Å². The number of nitrogens with one attached hydrogen (secondary N) is 1. The Hall–Kier alpha value is -2.82. The highest BCUT2D eigenvalue weighted by Gasteiger charge is 2.24. The van der Waals surface area contributed by atoms with E-state index in [1.807, 2.05) is 18.2 Å². The fourth-order valence-corrected chi connectivity index (χ4v) is 3.10. The molecule has 0 heterocycles. The minimum absolute atomic E-state index is 0.381. The van der Waals surface area contributed by atoms with Crippen molar-refractivity contribution < 1.29 is 14.3 Å². The van der Waals surface area contributed by atoms with Crippen LogP contribution in [0.25, 0.3) is 0 Å². The van der Waals surface area contributed by atoms with Gasteiger partial charge in [0.25, 0.3) is 5.91 Å². The van der Waals surface area contributed by atoms with Gasteiger partial charge >= 0.3 is 0 Å². The van der Waals surface area contributed by atoms with Crippen LogP contribution in [0.2, 0.25) is 0 Å². The summed E-state index contributed by atoms with van der Waals surface area (Å²) in [6.45, 7) is 1.66. The molecule has 5 heteroatoms. The fraction of sp³-hybridized carbons (Fsp3) is 0.300. The molecule has 5 nitrogen and oxygen atoms in total. The third kappa shape index (κ3) is 3.99. The molecule has 130 valence electrons. The summed E-state index contributed by atoms with van der Waals surface area (Å²) in [4.78, 5) is 24.1. The Bertz CT molecular complexity index is 774. The molecule has 0 saturated carbocycles. The van der Waals surface area contributed by atoms with Crippen molar-refractivity contribution in [1.29, 1.82) is 0 Å². The van der Waals surface area contributed by atoms with Crippen LogP contribution in [-0.4, -0.2) is 17.9 Å². The molecule has 3 N–H and O–H groups in total. The van der Waals surface area contributed by atoms with E-state index >= 15 is 0 Å². The van der Waals surface area contributed by atoms with Gasteiger partial charge in [-0.3, -0.25) is 9.59 Å². The van der Waals surface area contributed by atoms with Crippen LogP contribution in [-0.2, 0) is 22.4 Å². The molecule has 3 rings (SSSR count). The van der Waals surface area contributed by atoms with Crippen molar-refractivity contribution in [3.8, 4) is 5.75 Å². The van der Waals surface area contributed by atoms with Gasteiger partial charge in [0.05, 0.1) is 0 Å². The highest BCUT2D eigenvalue weighted by molar-refractivity contribution is 5.89. The maximum Gasteiger partial charge on any atom is 0.261 e. The SMILES string of the molecule is C[C@@H](Oc1ccc2c(c1)CCC2)C(=O)N[C@@H](C(N)=O)c1ccccc1. The van der Waals surface area contributed by atoms with Crippen molar-refractivity contribution in [2.75, 3.05) is 0 Å². The molecule has 0 radical (unpaired) electrons. The number of carbonyl (C=O) groups excluding carboxylic acids is 2. The normalized spacial score (nSPS) is 15.1. The summed E-state index contributed by atoms with van der Waals surface area (Å²) in [6.07, 6.45) is 2.57. The Balaban J connectivity index is 1.66. The lowest BCUT2D eigenvalue weighted by atomic mass is 10.1. The number of primary amides is 1. The molecule has 0 saturated heterocycles. The number of ether oxygens (including phenoxy) is 1. The summed E-state index contributed by atoms with van der Waals surface area (Å²) >= 11 is 0. The zero-order chi connectivity index (χ0) is 17.8. The molecule has 2 amide bonds. The van der Waals surface area contributed by atoms with Crippen LogP contribution >= 0.6 is 0 Å². The number of carbonyl (C=O) groups is 2. The molecule has 0 spiro atoms. The van der Waals surface area contributed by atoms with Crippen molar-refractivity contribution in [2.24, 2.45) is 5.73 Å². The molecule has 1 aliphatic rings. The predicted octanol–water partition coefficient (Wildman–Crippen LogP) is 2.29. The smallest absolute Gasteiger partial charge is 0.261 e. The number of benzene rings is 2. The zero-order valence-corrected chi connectivity index (χ0v) is 14.2. The Morgan fingerprint density at radius 3 is 2.52 bits per heavy atom. The lowest BCUT2D eigenvalue weighted by Gasteiger charge is -2.20. The van der Waals surface area contributed by atoms with E-state index < -0.39 is 18.1 Å². The number of hydrogen-bond acceptors (Lipinski definition) is 3. The van der Waals surface area contributed by atoms with E-state index in [0.717, 1.165) is 19.3 Å². The standard InChI is InChI=1S/C20H22N2O3/c1-13(25-17-11-10-14-8-5-9-16(14)12-17)20(24)22-18(19(21)23)15-6-3-2-4-7-15/h2-4,6-7,10-13,18H,5,8-9H2,1H3,(H2,21,23)(H,22,24)/t13-,18-/m1/s1. The van der Waals surface area contributed by atoms with Gasteiger partial charge in [0, 0.05) is 0 Å². The van der Waals surface area contributed by atoms with Gasteiger partial charge in [-0.1, -0.05) is 36.4 Å². The molecule has 25 heavy (non-hydrogen) atoms. The molecule has 2 aromatic carbocycles. The maximum absolute atomic E-state index is 12.4. The number of fused-ring (bicyclic) bond motifs is 1. The molecule has 0 fully saturated rings. The van der Waals surface area contributed by atoms with E-state index in [2.05, 4.69) is 11.4 Å². The van der Waals surface area contributed by atoms with Gasteiger partial charge in [-0.2, -0.15) is 0 Å². The second kappa shape index (κ2) is 7.38. The molecular formula is C20H22N2O3. The van der Waals surface area contributed by atoms with Crippen LogP contribution in [0.5, 0.6) is 5.75 Å². The van der Waals surface area contributed by atoms with Crippen LogP contribution in [0.1, 0.15) is 36.1 Å². The monoisotopic (exact) mass is 338 g/mol. The predicted molar refractivity (Wildman–Crippen MR) is 95.1 cm³/mol. The highest BCUT2D eigenvalue weighted by Crippen LogP contribution is 2.26. The number of nitrogens with two attached hydrogens (primary N) is 1. The largest absolute Gasteiger partial charge is 0.481 e. The molecule has 1 aliphatic carbocycles. The van der Waals surface area contributed by atoms with Crippen molar-refractivity contribution in [1.82, 2.24) is 5.32 Å². The fourth-order valence-electron chi connectivity index (χ4n) is 3.10. The topological polar surface area (TPSA) is 81.4 Å². The van der Waals surface area contributed by atoms with E-state index in [1.165, 1.54) is 11.1 Å². The third-order valence-corrected chi connectivity index (χ3v) is 4.46. The summed E-state index contributed by atoms with van der Waals surface area (Å²) < 4.78 is 5.75. The van der Waals surface area contributed by atoms with Crippen LogP contribution in [0.4, 0.5) is 0 Å². The number of hydrogen-bond donors (Lipinski definition) is 2. The van der Waals surface area contributed by atoms with Gasteiger partial charge < -0.3 is 15.8 Å². The first-order valence-corrected chi connectivity index (χ1v) is 8.47. The van der Waals surface area contributed by atoms with Crippen molar-refractivity contribution >= 4 is 11.8 Å². The summed E-state index contributed by atoms with van der Waals surface area (Å²) in [6, 6.07) is 14.0. The summed E-state index contributed by atoms with van der Waals surface area (Å²) in [5, 5.41) is 2.67. The third-order valence-electron chi connectivity index (χ3n) is 4.46. The van der Waals surface area contributed by atoms with Crippen molar-refractivity contribution in [2.45, 2.75) is 38.3 Å². The van der Waals surface area contributed by atoms with E-state index in [0.29, 0.717) is 11.3 Å². The first-order chi connectivity index (χ1) is 12.0. The van der Waals surface area contributed by atoms with Gasteiger partial charge in [-0.25, -0.2) is 0 Å². The highest BCUT2D eigenvalue weighted by atomic mass is 16.5. The molecule has 2 aromatic rings. The lowest BCUT2D eigenvalue weighted by molar-refractivity contribution is -0.131. The van der Waals surface area contributed by atoms with Crippen molar-refractivity contribution in [3.05, 3.63) is 65.2 Å². The number of rotatable bonds is 6. The Morgan fingerprint density at radius 2 is 1.80 bits per heavy atom. The second-order valence-electron chi connectivity index (χ2n) is 6.30. The Morgan fingerprint density at radius 1 is 1.08 bits per heavy atom. The summed E-state index contributed by atoms with van der Waals surface area (Å²) in [5.74, 6) is -0.323. The zero-order valence-electron chi connectivity index (χ0n) is 14.2.